The van der Waals surface area contributed by atoms with Crippen LogP contribution in [0, 0.1) is 0 Å². The molecule has 0 bridgehead atoms. The van der Waals surface area contributed by atoms with E-state index in [1.807, 2.05) is 60.7 Å². The largest absolute Gasteiger partial charge is 0.480 e. The predicted octanol–water partition coefficient (Wildman–Crippen LogP) is 6.58. The quantitative estimate of drug-likeness (QED) is 0.183. The van der Waals surface area contributed by atoms with E-state index in [-0.39, 0.29) is 6.42 Å². The maximum atomic E-state index is 12.8. The smallest absolute Gasteiger partial charge is 0.326 e. The molecule has 1 heterocycles. The minimum atomic E-state index is -1.07. The molecule has 0 aliphatic heterocycles. The van der Waals surface area contributed by atoms with E-state index in [0.29, 0.717) is 18.7 Å². The molecule has 200 valence electrons. The van der Waals surface area contributed by atoms with Crippen LogP contribution in [-0.4, -0.2) is 34.6 Å². The van der Waals surface area contributed by atoms with Crippen molar-refractivity contribution in [3.63, 3.8) is 0 Å². The fourth-order valence-corrected chi connectivity index (χ4v) is 5.38. The molecule has 40 heavy (non-hydrogen) atoms. The highest BCUT2D eigenvalue weighted by Crippen LogP contribution is 2.30. The van der Waals surface area contributed by atoms with Gasteiger partial charge in [-0.15, -0.1) is 17.9 Å². The molecule has 5 aromatic rings. The number of thiazole rings is 1. The van der Waals surface area contributed by atoms with Gasteiger partial charge in [-0.1, -0.05) is 84.9 Å². The van der Waals surface area contributed by atoms with Crippen molar-refractivity contribution >= 4 is 39.1 Å². The predicted molar refractivity (Wildman–Crippen MR) is 162 cm³/mol. The van der Waals surface area contributed by atoms with Gasteiger partial charge in [0.05, 0.1) is 5.69 Å². The first-order chi connectivity index (χ1) is 19.5. The molecule has 6 nitrogen and oxygen atoms in total. The summed E-state index contributed by atoms with van der Waals surface area (Å²) in [6.45, 7) is 5.12. The number of anilines is 1. The van der Waals surface area contributed by atoms with Crippen LogP contribution in [0.25, 0.3) is 22.0 Å². The lowest BCUT2D eigenvalue weighted by Gasteiger charge is -2.20. The van der Waals surface area contributed by atoms with E-state index in [2.05, 4.69) is 52.5 Å². The third-order valence-corrected chi connectivity index (χ3v) is 7.53. The van der Waals surface area contributed by atoms with Gasteiger partial charge < -0.3 is 15.3 Å². The Morgan fingerprint density at radius 3 is 2.38 bits per heavy atom. The minimum absolute atomic E-state index is 0.214. The summed E-state index contributed by atoms with van der Waals surface area (Å²) in [7, 11) is 0. The third kappa shape index (κ3) is 6.45. The van der Waals surface area contributed by atoms with Gasteiger partial charge in [-0.05, 0) is 40.1 Å². The molecule has 1 atom stereocenters. The summed E-state index contributed by atoms with van der Waals surface area (Å²) in [5.41, 5.74) is 4.25. The Morgan fingerprint density at radius 2 is 1.65 bits per heavy atom. The molecule has 2 N–H and O–H groups in total. The number of hydrogen-bond donors (Lipinski definition) is 2. The zero-order chi connectivity index (χ0) is 27.9. The standard InChI is InChI=1S/C33H29N3O3S/c1-2-18-36(33-35-30(22-40-33)28-17-16-25-10-6-7-11-27(25)20-28)21-24-12-14-26(15-13-24)31(37)34-29(32(38)39)19-23-8-4-3-5-9-23/h2-17,20,22,29H,1,18-19,21H2,(H,34,37)(H,38,39). The molecule has 1 unspecified atom stereocenters. The van der Waals surface area contributed by atoms with Gasteiger partial charge in [-0.3, -0.25) is 4.79 Å². The maximum Gasteiger partial charge on any atom is 0.326 e. The maximum absolute atomic E-state index is 12.8. The van der Waals surface area contributed by atoms with Crippen LogP contribution in [0.15, 0.2) is 115 Å². The van der Waals surface area contributed by atoms with E-state index in [1.165, 1.54) is 10.8 Å². The van der Waals surface area contributed by atoms with Crippen molar-refractivity contribution in [3.8, 4) is 11.3 Å². The first kappa shape index (κ1) is 26.8. The van der Waals surface area contributed by atoms with Crippen LogP contribution >= 0.6 is 11.3 Å². The molecule has 7 heteroatoms. The summed E-state index contributed by atoms with van der Waals surface area (Å²) >= 11 is 1.58. The second-order valence-electron chi connectivity index (χ2n) is 9.50. The van der Waals surface area contributed by atoms with Crippen molar-refractivity contribution in [1.82, 2.24) is 10.3 Å². The molecule has 0 saturated heterocycles. The summed E-state index contributed by atoms with van der Waals surface area (Å²) in [6, 6.07) is 30.1. The van der Waals surface area contributed by atoms with E-state index in [1.54, 1.807) is 23.5 Å². The van der Waals surface area contributed by atoms with Crippen LogP contribution < -0.4 is 10.2 Å². The Morgan fingerprint density at radius 1 is 0.925 bits per heavy atom. The number of hydrogen-bond acceptors (Lipinski definition) is 5. The number of benzene rings is 4. The van der Waals surface area contributed by atoms with Gasteiger partial charge >= 0.3 is 5.97 Å². The fourth-order valence-electron chi connectivity index (χ4n) is 4.53. The Balaban J connectivity index is 1.26. The SMILES string of the molecule is C=CCN(Cc1ccc(C(=O)NC(Cc2ccccc2)C(=O)O)cc1)c1nc(-c2ccc3ccccc3c2)cs1. The van der Waals surface area contributed by atoms with E-state index < -0.39 is 17.9 Å². The monoisotopic (exact) mass is 547 g/mol. The van der Waals surface area contributed by atoms with Gasteiger partial charge in [0.15, 0.2) is 5.13 Å². The highest BCUT2D eigenvalue weighted by molar-refractivity contribution is 7.14. The molecule has 0 aliphatic rings. The van der Waals surface area contributed by atoms with Crippen LogP contribution in [0.2, 0.25) is 0 Å². The molecule has 5 rings (SSSR count). The van der Waals surface area contributed by atoms with Gasteiger partial charge in [-0.2, -0.15) is 0 Å². The van der Waals surface area contributed by atoms with Gasteiger partial charge in [0.2, 0.25) is 0 Å². The molecule has 4 aromatic carbocycles. The van der Waals surface area contributed by atoms with Crippen molar-refractivity contribution in [2.24, 2.45) is 0 Å². The lowest BCUT2D eigenvalue weighted by atomic mass is 10.1. The summed E-state index contributed by atoms with van der Waals surface area (Å²) in [5.74, 6) is -1.49. The summed E-state index contributed by atoms with van der Waals surface area (Å²) < 4.78 is 0. The molecule has 1 aromatic heterocycles. The molecule has 0 fully saturated rings. The first-order valence-electron chi connectivity index (χ1n) is 13.0. The number of carbonyl (C=O) groups excluding carboxylic acids is 1. The Hall–Kier alpha value is -4.75. The number of amides is 1. The van der Waals surface area contributed by atoms with Gasteiger partial charge in [0, 0.05) is 36.0 Å². The normalized spacial score (nSPS) is 11.6. The lowest BCUT2D eigenvalue weighted by molar-refractivity contribution is -0.139. The molecular formula is C33H29N3O3S. The minimum Gasteiger partial charge on any atom is -0.480 e. The van der Waals surface area contributed by atoms with Crippen LogP contribution in [0.1, 0.15) is 21.5 Å². The molecule has 0 radical (unpaired) electrons. The summed E-state index contributed by atoms with van der Waals surface area (Å²) in [4.78, 5) is 31.6. The highest BCUT2D eigenvalue weighted by Gasteiger charge is 2.21. The molecule has 0 saturated carbocycles. The number of aromatic nitrogens is 1. The Bertz CT molecular complexity index is 1630. The second kappa shape index (κ2) is 12.4. The number of carboxylic acids is 1. The van der Waals surface area contributed by atoms with Crippen molar-refractivity contribution in [2.75, 3.05) is 11.4 Å². The third-order valence-electron chi connectivity index (χ3n) is 6.63. The number of aliphatic carboxylic acids is 1. The lowest BCUT2D eigenvalue weighted by Crippen LogP contribution is -2.42. The average molecular weight is 548 g/mol. The number of carbonyl (C=O) groups is 2. The molecule has 0 spiro atoms. The van der Waals surface area contributed by atoms with E-state index >= 15 is 0 Å². The summed E-state index contributed by atoms with van der Waals surface area (Å²) in [5, 5.41) is 17.6. The highest BCUT2D eigenvalue weighted by atomic mass is 32.1. The van der Waals surface area contributed by atoms with Crippen LogP contribution in [0.4, 0.5) is 5.13 Å². The van der Waals surface area contributed by atoms with Crippen LogP contribution in [-0.2, 0) is 17.8 Å². The van der Waals surface area contributed by atoms with Crippen LogP contribution in [0.5, 0.6) is 0 Å². The number of rotatable bonds is 11. The van der Waals surface area contributed by atoms with Gasteiger partial charge in [-0.25, -0.2) is 9.78 Å². The number of fused-ring (bicyclic) bond motifs is 1. The van der Waals surface area contributed by atoms with Gasteiger partial charge in [0.25, 0.3) is 5.91 Å². The zero-order valence-electron chi connectivity index (χ0n) is 21.9. The average Bonchev–Trinajstić information content (AvgIpc) is 3.47. The van der Waals surface area contributed by atoms with Crippen molar-refractivity contribution < 1.29 is 14.7 Å². The van der Waals surface area contributed by atoms with E-state index in [9.17, 15) is 14.7 Å². The van der Waals surface area contributed by atoms with E-state index in [0.717, 1.165) is 27.5 Å². The van der Waals surface area contributed by atoms with Gasteiger partial charge in [0.1, 0.15) is 6.04 Å². The van der Waals surface area contributed by atoms with Crippen molar-refractivity contribution in [2.45, 2.75) is 19.0 Å². The fraction of sp³-hybridized carbons (Fsp3) is 0.121. The number of nitrogens with one attached hydrogen (secondary N) is 1. The Kier molecular flexibility index (Phi) is 8.32. The summed E-state index contributed by atoms with van der Waals surface area (Å²) in [6.07, 6.45) is 2.06. The topological polar surface area (TPSA) is 82.5 Å². The van der Waals surface area contributed by atoms with Crippen molar-refractivity contribution in [3.05, 3.63) is 132 Å². The second-order valence-corrected chi connectivity index (χ2v) is 10.3. The zero-order valence-corrected chi connectivity index (χ0v) is 22.7. The van der Waals surface area contributed by atoms with Crippen LogP contribution in [0.3, 0.4) is 0 Å². The van der Waals surface area contributed by atoms with Crippen molar-refractivity contribution in [1.29, 1.82) is 0 Å². The number of nitrogens with zero attached hydrogens (tertiary/aromatic N) is 2. The first-order valence-corrected chi connectivity index (χ1v) is 13.8. The molecule has 0 aliphatic carbocycles. The molecule has 1 amide bonds. The molecular weight excluding hydrogens is 518 g/mol. The number of carboxylic acid groups (broad SMARTS) is 1. The Labute approximate surface area is 237 Å². The van der Waals surface area contributed by atoms with E-state index in [4.69, 9.17) is 4.98 Å².